The Bertz CT molecular complexity index is 2170. The number of carbonyl (C=O) groups excluding carboxylic acids is 2. The third-order valence-electron chi connectivity index (χ3n) is 9.39. The molecule has 0 bridgehead atoms. The smallest absolute Gasteiger partial charge is 0.251 e. The molecule has 3 aromatic carbocycles. The fourth-order valence-corrected chi connectivity index (χ4v) is 6.45. The molecule has 1 fully saturated rings. The zero-order chi connectivity index (χ0) is 34.5. The van der Waals surface area contributed by atoms with Gasteiger partial charge in [0.15, 0.2) is 5.82 Å². The number of amides is 2. The van der Waals surface area contributed by atoms with Gasteiger partial charge in [0.05, 0.1) is 17.8 Å². The number of benzene rings is 3. The number of halogens is 3. The van der Waals surface area contributed by atoms with E-state index in [4.69, 9.17) is 31.8 Å². The molecule has 0 saturated heterocycles. The lowest BCUT2D eigenvalue weighted by molar-refractivity contribution is -0.123. The summed E-state index contributed by atoms with van der Waals surface area (Å²) in [6.07, 6.45) is 4.92. The summed E-state index contributed by atoms with van der Waals surface area (Å²) >= 11 is 6.16. The molecule has 3 aliphatic rings. The SMILES string of the molecule is COc1cc(C(=O)NC[C@@H](c2ccccc2)c2cc3c(c(-c4cccc(Cl)c4F)n2)OC[C@]3(C)C(N)=O)cc2c1=NC(=CC1(F)CC1)CC=2. The molecule has 49 heavy (non-hydrogen) atoms. The first-order valence-electron chi connectivity index (χ1n) is 15.9. The van der Waals surface area contributed by atoms with Crippen molar-refractivity contribution in [2.24, 2.45) is 10.7 Å². The number of alkyl halides is 1. The van der Waals surface area contributed by atoms with E-state index in [2.05, 4.69) is 10.3 Å². The molecule has 7 rings (SSSR count). The predicted octanol–water partition coefficient (Wildman–Crippen LogP) is 5.44. The lowest BCUT2D eigenvalue weighted by Crippen LogP contribution is -2.40. The van der Waals surface area contributed by atoms with E-state index in [-0.39, 0.29) is 41.1 Å². The van der Waals surface area contributed by atoms with Crippen molar-refractivity contribution in [2.45, 2.75) is 43.2 Å². The van der Waals surface area contributed by atoms with Crippen LogP contribution in [-0.2, 0) is 10.2 Å². The quantitative estimate of drug-likeness (QED) is 0.244. The number of methoxy groups -OCH3 is 1. The molecule has 11 heteroatoms. The van der Waals surface area contributed by atoms with E-state index >= 15 is 4.39 Å². The van der Waals surface area contributed by atoms with E-state index in [9.17, 15) is 14.0 Å². The largest absolute Gasteiger partial charge is 0.494 e. The maximum atomic E-state index is 15.5. The Balaban J connectivity index is 1.27. The van der Waals surface area contributed by atoms with Gasteiger partial charge < -0.3 is 20.5 Å². The Morgan fingerprint density at radius 3 is 2.63 bits per heavy atom. The van der Waals surface area contributed by atoms with E-state index in [1.807, 2.05) is 36.4 Å². The minimum atomic E-state index is -1.28. The number of carbonyl (C=O) groups is 2. The van der Waals surface area contributed by atoms with Crippen LogP contribution in [0.25, 0.3) is 17.3 Å². The molecule has 3 heterocycles. The van der Waals surface area contributed by atoms with Crippen molar-refractivity contribution in [1.82, 2.24) is 10.3 Å². The Labute approximate surface area is 286 Å². The summed E-state index contributed by atoms with van der Waals surface area (Å²) in [7, 11) is 1.50. The monoisotopic (exact) mass is 682 g/mol. The van der Waals surface area contributed by atoms with Crippen LogP contribution in [-0.4, -0.2) is 42.7 Å². The number of ether oxygens (including phenoxy) is 2. The van der Waals surface area contributed by atoms with Gasteiger partial charge in [0.25, 0.3) is 5.91 Å². The van der Waals surface area contributed by atoms with Crippen LogP contribution in [0.3, 0.4) is 0 Å². The van der Waals surface area contributed by atoms with Crippen LogP contribution in [0.15, 0.2) is 83.5 Å². The van der Waals surface area contributed by atoms with Gasteiger partial charge in [0.2, 0.25) is 5.91 Å². The van der Waals surface area contributed by atoms with E-state index in [0.717, 1.165) is 5.56 Å². The van der Waals surface area contributed by atoms with E-state index < -0.39 is 28.7 Å². The van der Waals surface area contributed by atoms with Crippen LogP contribution in [0.1, 0.15) is 59.3 Å². The zero-order valence-corrected chi connectivity index (χ0v) is 27.6. The van der Waals surface area contributed by atoms with Crippen molar-refractivity contribution in [3.63, 3.8) is 0 Å². The first-order valence-corrected chi connectivity index (χ1v) is 16.3. The van der Waals surface area contributed by atoms with Crippen LogP contribution in [0.5, 0.6) is 11.5 Å². The molecule has 3 N–H and O–H groups in total. The molecule has 250 valence electrons. The fourth-order valence-electron chi connectivity index (χ4n) is 6.28. The van der Waals surface area contributed by atoms with Crippen LogP contribution >= 0.6 is 11.6 Å². The van der Waals surface area contributed by atoms with Gasteiger partial charge in [-0.2, -0.15) is 0 Å². The van der Waals surface area contributed by atoms with Crippen molar-refractivity contribution in [2.75, 3.05) is 20.3 Å². The van der Waals surface area contributed by atoms with Crippen molar-refractivity contribution >= 4 is 29.5 Å². The lowest BCUT2D eigenvalue weighted by Gasteiger charge is -2.23. The average molecular weight is 683 g/mol. The van der Waals surface area contributed by atoms with Crippen LogP contribution < -0.4 is 31.1 Å². The minimum absolute atomic E-state index is 0.0415. The van der Waals surface area contributed by atoms with Gasteiger partial charge in [-0.05, 0) is 61.7 Å². The molecular weight excluding hydrogens is 650 g/mol. The summed E-state index contributed by atoms with van der Waals surface area (Å²) < 4.78 is 41.4. The van der Waals surface area contributed by atoms with Gasteiger partial charge in [-0.15, -0.1) is 0 Å². The fraction of sp³-hybridized carbons (Fsp3) is 0.263. The molecule has 1 aliphatic carbocycles. The van der Waals surface area contributed by atoms with Gasteiger partial charge in [-0.25, -0.2) is 18.8 Å². The summed E-state index contributed by atoms with van der Waals surface area (Å²) in [5, 5.41) is 4.20. The van der Waals surface area contributed by atoms with Gasteiger partial charge in [-0.3, -0.25) is 9.59 Å². The number of allylic oxidation sites excluding steroid dienone is 2. The minimum Gasteiger partial charge on any atom is -0.494 e. The van der Waals surface area contributed by atoms with Crippen LogP contribution in [0.4, 0.5) is 8.78 Å². The number of nitrogens with zero attached hydrogens (tertiary/aromatic N) is 2. The number of nitrogens with one attached hydrogen (secondary N) is 1. The highest BCUT2D eigenvalue weighted by atomic mass is 35.5. The van der Waals surface area contributed by atoms with E-state index in [0.29, 0.717) is 58.1 Å². The van der Waals surface area contributed by atoms with Crippen LogP contribution in [0.2, 0.25) is 5.02 Å². The van der Waals surface area contributed by atoms with Crippen molar-refractivity contribution < 1.29 is 27.8 Å². The molecule has 0 radical (unpaired) electrons. The van der Waals surface area contributed by atoms with E-state index in [1.165, 1.54) is 13.2 Å². The van der Waals surface area contributed by atoms with Crippen molar-refractivity contribution in [3.05, 3.63) is 122 Å². The lowest BCUT2D eigenvalue weighted by atomic mass is 9.81. The maximum Gasteiger partial charge on any atom is 0.251 e. The van der Waals surface area contributed by atoms with Crippen molar-refractivity contribution in [3.8, 4) is 22.8 Å². The Morgan fingerprint density at radius 1 is 1.14 bits per heavy atom. The molecule has 0 spiro atoms. The normalized spacial score (nSPS) is 19.8. The first-order chi connectivity index (χ1) is 23.5. The number of primary amides is 1. The molecule has 8 nitrogen and oxygen atoms in total. The summed E-state index contributed by atoms with van der Waals surface area (Å²) in [5.74, 6) is -1.53. The van der Waals surface area contributed by atoms with Crippen molar-refractivity contribution in [1.29, 1.82) is 0 Å². The van der Waals surface area contributed by atoms with Gasteiger partial charge in [0, 0.05) is 46.5 Å². The molecule has 2 aliphatic heterocycles. The Kier molecular flexibility index (Phi) is 8.22. The Morgan fingerprint density at radius 2 is 1.92 bits per heavy atom. The molecule has 0 unspecified atom stereocenters. The number of hydrogen-bond donors (Lipinski definition) is 2. The number of fused-ring (bicyclic) bond motifs is 2. The third-order valence-corrected chi connectivity index (χ3v) is 9.69. The highest BCUT2D eigenvalue weighted by Gasteiger charge is 2.45. The Hall–Kier alpha value is -5.09. The van der Waals surface area contributed by atoms with Gasteiger partial charge >= 0.3 is 0 Å². The standard InChI is InChI=1S/C38H33ClF2N4O4/c1-37(36(42)47)20-49-34-27(37)17-29(45-33(34)25-9-6-10-28(39)31(25)40)26(21-7-4-3-5-8-21)19-43-35(46)23-15-22-11-12-24(18-38(41)13-14-38)44-32(22)30(16-23)48-2/h3-11,15-18,26H,12-14,19-20H2,1-2H3,(H2,42,47)(H,43,46)/t26-,37-/m0/s1. The van der Waals surface area contributed by atoms with Gasteiger partial charge in [0.1, 0.15) is 40.2 Å². The second-order valence-corrected chi connectivity index (χ2v) is 13.2. The predicted molar refractivity (Wildman–Crippen MR) is 181 cm³/mol. The second kappa shape index (κ2) is 12.4. The molecule has 2 amide bonds. The van der Waals surface area contributed by atoms with E-state index in [1.54, 1.807) is 43.3 Å². The number of hydrogen-bond acceptors (Lipinski definition) is 6. The number of nitrogens with two attached hydrogens (primary N) is 1. The molecule has 4 aromatic rings. The summed E-state index contributed by atoms with van der Waals surface area (Å²) in [5.41, 5.74) is 6.40. The second-order valence-electron chi connectivity index (χ2n) is 12.8. The molecule has 1 saturated carbocycles. The number of pyridine rings is 1. The summed E-state index contributed by atoms with van der Waals surface area (Å²) in [6, 6.07) is 19.1. The maximum absolute atomic E-state index is 15.5. The highest BCUT2D eigenvalue weighted by Crippen LogP contribution is 2.46. The molecule has 2 atom stereocenters. The summed E-state index contributed by atoms with van der Waals surface area (Å²) in [6.45, 7) is 1.73. The molecule has 1 aromatic heterocycles. The first kappa shape index (κ1) is 32.5. The van der Waals surface area contributed by atoms with Crippen LogP contribution in [0, 0.1) is 5.82 Å². The topological polar surface area (TPSA) is 116 Å². The number of rotatable bonds is 9. The molecular formula is C38H33ClF2N4O4. The summed E-state index contributed by atoms with van der Waals surface area (Å²) in [4.78, 5) is 36.0. The average Bonchev–Trinajstić information content (AvgIpc) is 3.73. The van der Waals surface area contributed by atoms with Gasteiger partial charge in [-0.1, -0.05) is 54.1 Å². The zero-order valence-electron chi connectivity index (χ0n) is 26.9. The number of aromatic nitrogens is 1. The third kappa shape index (κ3) is 6.05. The highest BCUT2D eigenvalue weighted by molar-refractivity contribution is 6.31.